The molecule has 0 atom stereocenters. The summed E-state index contributed by atoms with van der Waals surface area (Å²) in [5.74, 6) is 0.126. The molecule has 8 rings (SSSR count). The van der Waals surface area contributed by atoms with Crippen molar-refractivity contribution >= 4 is 74.8 Å². The van der Waals surface area contributed by atoms with Crippen LogP contribution in [0.15, 0.2) is 109 Å². The third-order valence-electron chi connectivity index (χ3n) is 7.38. The van der Waals surface area contributed by atoms with Gasteiger partial charge in [0.1, 0.15) is 9.40 Å². The number of benzene rings is 6. The van der Waals surface area contributed by atoms with Crippen LogP contribution in [-0.4, -0.2) is 10.1 Å². The van der Waals surface area contributed by atoms with Gasteiger partial charge in [-0.15, -0.1) is 0 Å². The molecule has 0 fully saturated rings. The number of rotatable bonds is 2. The molecule has 0 saturated carbocycles. The first-order chi connectivity index (χ1) is 20.4. The molecule has 7 heteroatoms. The number of thiazole rings is 2. The van der Waals surface area contributed by atoms with Gasteiger partial charge in [0.25, 0.3) is 10.0 Å². The SMILES string of the molecule is Cc1ccc2[nH+]c(-c3cc4ccccc4cc3[O-])sc2c1.Cc1ccc2[nH+]c(-c3cc4ccccc4cc3[O-])sc2c1.[Be+2]. The van der Waals surface area contributed by atoms with Gasteiger partial charge in [-0.05, 0) is 70.8 Å². The number of aromatic nitrogens is 2. The molecule has 0 saturated heterocycles. The van der Waals surface area contributed by atoms with Crippen LogP contribution in [0.1, 0.15) is 11.1 Å². The van der Waals surface area contributed by atoms with E-state index in [1.807, 2.05) is 60.7 Å². The number of aryl methyl sites for hydroxylation is 2. The molecule has 2 aromatic heterocycles. The summed E-state index contributed by atoms with van der Waals surface area (Å²) in [6, 6.07) is 35.9. The zero-order chi connectivity index (χ0) is 28.8. The van der Waals surface area contributed by atoms with Crippen LogP contribution in [-0.2, 0) is 0 Å². The maximum atomic E-state index is 12.4. The molecule has 2 heterocycles. The minimum Gasteiger partial charge on any atom is -0.872 e. The van der Waals surface area contributed by atoms with Crippen LogP contribution in [0.2, 0.25) is 0 Å². The van der Waals surface area contributed by atoms with Crippen molar-refractivity contribution in [1.82, 2.24) is 0 Å². The molecule has 0 aliphatic carbocycles. The molecule has 0 aliphatic heterocycles. The van der Waals surface area contributed by atoms with Gasteiger partial charge >= 0.3 is 10.1 Å². The first-order valence-electron chi connectivity index (χ1n) is 13.7. The van der Waals surface area contributed by atoms with Gasteiger partial charge < -0.3 is 10.2 Å². The van der Waals surface area contributed by atoms with Crippen molar-refractivity contribution in [3.63, 3.8) is 0 Å². The van der Waals surface area contributed by atoms with E-state index < -0.39 is 0 Å². The van der Waals surface area contributed by atoms with Gasteiger partial charge in [0, 0.05) is 12.1 Å². The number of H-pyrrole nitrogens is 2. The van der Waals surface area contributed by atoms with E-state index in [9.17, 15) is 10.2 Å². The van der Waals surface area contributed by atoms with Gasteiger partial charge in [-0.1, -0.05) is 107 Å². The number of hydrogen-bond donors (Lipinski definition) is 0. The molecule has 4 nitrogen and oxygen atoms in total. The van der Waals surface area contributed by atoms with Crippen molar-refractivity contribution in [3.05, 3.63) is 120 Å². The molecule has 6 aromatic carbocycles. The van der Waals surface area contributed by atoms with E-state index in [2.05, 4.69) is 60.2 Å². The normalized spacial score (nSPS) is 11.0. The van der Waals surface area contributed by atoms with Gasteiger partial charge in [0.2, 0.25) is 11.0 Å². The van der Waals surface area contributed by atoms with Crippen LogP contribution in [0, 0.1) is 13.8 Å². The fourth-order valence-electron chi connectivity index (χ4n) is 5.19. The Morgan fingerprint density at radius 2 is 0.860 bits per heavy atom. The molecule has 2 N–H and O–H groups in total. The average molecular weight is 592 g/mol. The van der Waals surface area contributed by atoms with Crippen LogP contribution in [0.3, 0.4) is 0 Å². The molecule has 0 aliphatic rings. The quantitative estimate of drug-likeness (QED) is 0.196. The second-order valence-electron chi connectivity index (χ2n) is 10.5. The summed E-state index contributed by atoms with van der Waals surface area (Å²) in [7, 11) is 0. The van der Waals surface area contributed by atoms with Gasteiger partial charge in [-0.25, -0.2) is 0 Å². The van der Waals surface area contributed by atoms with Crippen LogP contribution in [0.4, 0.5) is 0 Å². The summed E-state index contributed by atoms with van der Waals surface area (Å²) in [4.78, 5) is 6.73. The molecular formula is C36H26BeN2O2S2+2. The maximum Gasteiger partial charge on any atom is 2.00 e. The van der Waals surface area contributed by atoms with Gasteiger partial charge in [-0.2, -0.15) is 9.97 Å². The monoisotopic (exact) mass is 591 g/mol. The zero-order valence-corrected chi connectivity index (χ0v) is 25.4. The Hall–Kier alpha value is -4.61. The Morgan fingerprint density at radius 3 is 1.26 bits per heavy atom. The van der Waals surface area contributed by atoms with E-state index in [1.165, 1.54) is 20.5 Å². The summed E-state index contributed by atoms with van der Waals surface area (Å²) in [6.07, 6.45) is 0. The summed E-state index contributed by atoms with van der Waals surface area (Å²) < 4.78 is 2.36. The van der Waals surface area contributed by atoms with Gasteiger partial charge in [0.05, 0.1) is 11.1 Å². The minimum absolute atomic E-state index is 0. The van der Waals surface area contributed by atoms with Crippen LogP contribution >= 0.6 is 22.7 Å². The standard InChI is InChI=1S/2C18H13NOS.Be/c2*1-11-6-7-15-17(8-11)21-18(19-15)14-9-12-4-2-3-5-13(12)10-16(14)20;/h2*2-10,20H,1H3;/q;;+2. The topological polar surface area (TPSA) is 74.4 Å². The van der Waals surface area contributed by atoms with E-state index in [4.69, 9.17) is 0 Å². The van der Waals surface area contributed by atoms with Crippen molar-refractivity contribution < 1.29 is 20.2 Å². The minimum atomic E-state index is 0. The van der Waals surface area contributed by atoms with Crippen LogP contribution < -0.4 is 20.2 Å². The van der Waals surface area contributed by atoms with Crippen molar-refractivity contribution in [3.8, 4) is 32.6 Å². The molecule has 0 bridgehead atoms. The fraction of sp³-hybridized carbons (Fsp3) is 0.0556. The Labute approximate surface area is 260 Å². The second kappa shape index (κ2) is 11.6. The summed E-state index contributed by atoms with van der Waals surface area (Å²) in [6.45, 7) is 4.15. The molecule has 8 aromatic rings. The predicted molar refractivity (Wildman–Crippen MR) is 177 cm³/mol. The molecule has 0 amide bonds. The van der Waals surface area contributed by atoms with E-state index in [1.54, 1.807) is 34.8 Å². The van der Waals surface area contributed by atoms with E-state index in [0.717, 1.165) is 53.7 Å². The molecule has 0 spiro atoms. The molecular weight excluding hydrogens is 566 g/mol. The summed E-state index contributed by atoms with van der Waals surface area (Å²) >= 11 is 3.26. The van der Waals surface area contributed by atoms with Crippen LogP contribution in [0.5, 0.6) is 11.5 Å². The first-order valence-corrected chi connectivity index (χ1v) is 15.3. The van der Waals surface area contributed by atoms with Crippen molar-refractivity contribution in [1.29, 1.82) is 0 Å². The molecule has 43 heavy (non-hydrogen) atoms. The van der Waals surface area contributed by atoms with E-state index in [-0.39, 0.29) is 21.6 Å². The Bertz CT molecular complexity index is 2110. The number of fused-ring (bicyclic) bond motifs is 4. The molecule has 0 unspecified atom stereocenters. The average Bonchev–Trinajstić information content (AvgIpc) is 3.60. The van der Waals surface area contributed by atoms with Gasteiger partial charge in [0.15, 0.2) is 0 Å². The van der Waals surface area contributed by atoms with Crippen molar-refractivity contribution in [2.24, 2.45) is 0 Å². The second-order valence-corrected chi connectivity index (χ2v) is 12.6. The van der Waals surface area contributed by atoms with Crippen LogP contribution in [0.25, 0.3) is 63.1 Å². The Balaban J connectivity index is 0.000000150. The summed E-state index contributed by atoms with van der Waals surface area (Å²) in [5, 5.41) is 30.7. The zero-order valence-electron chi connectivity index (χ0n) is 23.7. The fourth-order valence-corrected chi connectivity index (χ4v) is 7.44. The smallest absolute Gasteiger partial charge is 0.872 e. The predicted octanol–water partition coefficient (Wildman–Crippen LogP) is 7.45. The van der Waals surface area contributed by atoms with Crippen molar-refractivity contribution in [2.75, 3.05) is 0 Å². The third kappa shape index (κ3) is 5.61. The number of nitrogens with one attached hydrogen (secondary N) is 2. The van der Waals surface area contributed by atoms with E-state index in [0.29, 0.717) is 0 Å². The molecule has 0 radical (unpaired) electrons. The molecule has 204 valence electrons. The number of hydrogen-bond acceptors (Lipinski definition) is 4. The third-order valence-corrected chi connectivity index (χ3v) is 9.55. The van der Waals surface area contributed by atoms with Gasteiger partial charge in [-0.3, -0.25) is 0 Å². The Morgan fingerprint density at radius 1 is 0.488 bits per heavy atom. The van der Waals surface area contributed by atoms with Crippen molar-refractivity contribution in [2.45, 2.75) is 13.8 Å². The number of aromatic amines is 2. The Kier molecular flexibility index (Phi) is 7.68. The first kappa shape index (κ1) is 28.5. The van der Waals surface area contributed by atoms with E-state index >= 15 is 0 Å². The maximum absolute atomic E-state index is 12.4. The largest absolute Gasteiger partial charge is 2.00 e. The summed E-state index contributed by atoms with van der Waals surface area (Å²) in [5.41, 5.74) is 6.09.